The first kappa shape index (κ1) is 5.35. The van der Waals surface area contributed by atoms with Gasteiger partial charge in [0.25, 0.3) is 0 Å². The summed E-state index contributed by atoms with van der Waals surface area (Å²) in [6.07, 6.45) is 3.13. The molecule has 0 aromatic carbocycles. The predicted molar refractivity (Wildman–Crippen MR) is 37.6 cm³/mol. The molecular weight excluding hydrogens is 132 g/mol. The van der Waals surface area contributed by atoms with Crippen LogP contribution in [0.15, 0.2) is 17.3 Å². The van der Waals surface area contributed by atoms with E-state index in [1.807, 2.05) is 18.0 Å². The quantitative estimate of drug-likeness (QED) is 0.541. The van der Waals surface area contributed by atoms with Crippen molar-refractivity contribution in [3.05, 3.63) is 12.3 Å². The maximum Gasteiger partial charge on any atom is 0.0939 e. The summed E-state index contributed by atoms with van der Waals surface area (Å²) in [6.45, 7) is 1.11. The lowest BCUT2D eigenvalue weighted by atomic mass is 10.5. The summed E-state index contributed by atoms with van der Waals surface area (Å²) in [5.41, 5.74) is 0. The van der Waals surface area contributed by atoms with E-state index >= 15 is 0 Å². The van der Waals surface area contributed by atoms with E-state index in [4.69, 9.17) is 0 Å². The number of rotatable bonds is 0. The molecule has 0 unspecified atom stereocenters. The minimum atomic E-state index is 1.11. The number of thioether (sulfide) groups is 1. The van der Waals surface area contributed by atoms with Gasteiger partial charge in [0.2, 0.25) is 0 Å². The van der Waals surface area contributed by atoms with Crippen molar-refractivity contribution in [2.75, 3.05) is 5.75 Å². The molecule has 0 spiro atoms. The van der Waals surface area contributed by atoms with Crippen molar-refractivity contribution in [1.82, 2.24) is 9.78 Å². The Morgan fingerprint density at radius 3 is 3.56 bits per heavy atom. The zero-order chi connectivity index (χ0) is 6.10. The molecule has 1 aromatic rings. The van der Waals surface area contributed by atoms with Crippen LogP contribution in [-0.4, -0.2) is 15.5 Å². The molecule has 0 aliphatic carbocycles. The van der Waals surface area contributed by atoms with Gasteiger partial charge < -0.3 is 0 Å². The fourth-order valence-corrected chi connectivity index (χ4v) is 1.93. The van der Waals surface area contributed by atoms with Crippen LogP contribution in [0.3, 0.4) is 0 Å². The SMILES string of the molecule is c1cc2n(n1)CCCS2. The van der Waals surface area contributed by atoms with E-state index in [0.717, 1.165) is 6.54 Å². The minimum absolute atomic E-state index is 1.11. The molecule has 2 rings (SSSR count). The second-order valence-electron chi connectivity index (χ2n) is 2.09. The average Bonchev–Trinajstić information content (AvgIpc) is 2.33. The molecule has 0 bridgehead atoms. The zero-order valence-electron chi connectivity index (χ0n) is 5.08. The van der Waals surface area contributed by atoms with Crippen LogP contribution < -0.4 is 0 Å². The van der Waals surface area contributed by atoms with Crippen molar-refractivity contribution >= 4 is 11.8 Å². The summed E-state index contributed by atoms with van der Waals surface area (Å²) in [5, 5.41) is 5.47. The van der Waals surface area contributed by atoms with Gasteiger partial charge in [-0.1, -0.05) is 0 Å². The second kappa shape index (κ2) is 2.06. The van der Waals surface area contributed by atoms with Crippen LogP contribution in [0.1, 0.15) is 6.42 Å². The van der Waals surface area contributed by atoms with E-state index in [1.165, 1.54) is 17.2 Å². The molecule has 0 fully saturated rings. The smallest absolute Gasteiger partial charge is 0.0939 e. The zero-order valence-corrected chi connectivity index (χ0v) is 5.90. The van der Waals surface area contributed by atoms with E-state index in [0.29, 0.717) is 0 Å². The maximum atomic E-state index is 4.15. The van der Waals surface area contributed by atoms with Crippen LogP contribution in [0, 0.1) is 0 Å². The van der Waals surface area contributed by atoms with Crippen LogP contribution in [0.2, 0.25) is 0 Å². The number of hydrogen-bond acceptors (Lipinski definition) is 2. The summed E-state index contributed by atoms with van der Waals surface area (Å²) in [5.74, 6) is 1.26. The monoisotopic (exact) mass is 140 g/mol. The number of aromatic nitrogens is 2. The molecule has 1 aliphatic rings. The lowest BCUT2D eigenvalue weighted by molar-refractivity contribution is 0.548. The van der Waals surface area contributed by atoms with Gasteiger partial charge in [0.1, 0.15) is 0 Å². The Hall–Kier alpha value is -0.440. The summed E-state index contributed by atoms with van der Waals surface area (Å²) >= 11 is 1.90. The van der Waals surface area contributed by atoms with Crippen molar-refractivity contribution < 1.29 is 0 Å². The fraction of sp³-hybridized carbons (Fsp3) is 0.500. The fourth-order valence-electron chi connectivity index (χ4n) is 1.00. The van der Waals surface area contributed by atoms with Crippen LogP contribution >= 0.6 is 11.8 Å². The second-order valence-corrected chi connectivity index (χ2v) is 3.21. The van der Waals surface area contributed by atoms with Crippen LogP contribution in [0.5, 0.6) is 0 Å². The van der Waals surface area contributed by atoms with Gasteiger partial charge in [-0.2, -0.15) is 5.10 Å². The summed E-state index contributed by atoms with van der Waals surface area (Å²) in [6, 6.07) is 2.07. The van der Waals surface area contributed by atoms with E-state index in [-0.39, 0.29) is 0 Å². The lowest BCUT2D eigenvalue weighted by Crippen LogP contribution is -2.07. The Labute approximate surface area is 58.3 Å². The third-order valence-electron chi connectivity index (χ3n) is 1.44. The predicted octanol–water partition coefficient (Wildman–Crippen LogP) is 1.38. The Bertz CT molecular complexity index is 186. The molecule has 0 saturated heterocycles. The van der Waals surface area contributed by atoms with Crippen molar-refractivity contribution in [3.63, 3.8) is 0 Å². The third kappa shape index (κ3) is 0.852. The van der Waals surface area contributed by atoms with E-state index in [1.54, 1.807) is 0 Å². The van der Waals surface area contributed by atoms with Gasteiger partial charge in [-0.15, -0.1) is 11.8 Å². The lowest BCUT2D eigenvalue weighted by Gasteiger charge is -2.11. The van der Waals surface area contributed by atoms with Gasteiger partial charge in [-0.05, 0) is 12.5 Å². The first-order chi connectivity index (χ1) is 4.47. The highest BCUT2D eigenvalue weighted by Crippen LogP contribution is 2.22. The van der Waals surface area contributed by atoms with E-state index < -0.39 is 0 Å². The Kier molecular flexibility index (Phi) is 1.23. The van der Waals surface area contributed by atoms with E-state index in [2.05, 4.69) is 15.8 Å². The Morgan fingerprint density at radius 2 is 2.67 bits per heavy atom. The Balaban J connectivity index is 2.39. The number of fused-ring (bicyclic) bond motifs is 1. The molecular formula is C6H8N2S. The molecule has 0 amide bonds. The highest BCUT2D eigenvalue weighted by Gasteiger charge is 2.06. The van der Waals surface area contributed by atoms with Crippen LogP contribution in [-0.2, 0) is 6.54 Å². The molecule has 1 aliphatic heterocycles. The largest absolute Gasteiger partial charge is 0.259 e. The van der Waals surface area contributed by atoms with Crippen molar-refractivity contribution in [2.24, 2.45) is 0 Å². The van der Waals surface area contributed by atoms with Crippen LogP contribution in [0.25, 0.3) is 0 Å². The highest BCUT2D eigenvalue weighted by atomic mass is 32.2. The van der Waals surface area contributed by atoms with Crippen molar-refractivity contribution in [2.45, 2.75) is 18.0 Å². The molecule has 1 aromatic heterocycles. The normalized spacial score (nSPS) is 17.3. The maximum absolute atomic E-state index is 4.15. The number of hydrogen-bond donors (Lipinski definition) is 0. The number of nitrogens with zero attached hydrogens (tertiary/aromatic N) is 2. The van der Waals surface area contributed by atoms with Gasteiger partial charge in [0.05, 0.1) is 11.2 Å². The molecule has 48 valence electrons. The minimum Gasteiger partial charge on any atom is -0.259 e. The molecule has 9 heavy (non-hydrogen) atoms. The summed E-state index contributed by atoms with van der Waals surface area (Å²) in [7, 11) is 0. The first-order valence-corrected chi connectivity index (χ1v) is 4.10. The standard InChI is InChI=1S/C6H8N2S/c1-4-8-6(9-5-1)2-3-7-8/h2-3H,1,4-5H2. The van der Waals surface area contributed by atoms with Crippen LogP contribution in [0.4, 0.5) is 0 Å². The van der Waals surface area contributed by atoms with Gasteiger partial charge in [0.15, 0.2) is 0 Å². The van der Waals surface area contributed by atoms with Crippen molar-refractivity contribution in [3.8, 4) is 0 Å². The summed E-state index contributed by atoms with van der Waals surface area (Å²) in [4.78, 5) is 0. The molecule has 0 saturated carbocycles. The van der Waals surface area contributed by atoms with Gasteiger partial charge >= 0.3 is 0 Å². The summed E-state index contributed by atoms with van der Waals surface area (Å²) < 4.78 is 2.06. The molecule has 3 heteroatoms. The Morgan fingerprint density at radius 1 is 1.67 bits per heavy atom. The average molecular weight is 140 g/mol. The highest BCUT2D eigenvalue weighted by molar-refractivity contribution is 7.99. The first-order valence-electron chi connectivity index (χ1n) is 3.11. The van der Waals surface area contributed by atoms with E-state index in [9.17, 15) is 0 Å². The number of aryl methyl sites for hydroxylation is 1. The van der Waals surface area contributed by atoms with Gasteiger partial charge in [-0.3, -0.25) is 4.68 Å². The molecule has 0 radical (unpaired) electrons. The molecule has 2 heterocycles. The van der Waals surface area contributed by atoms with Gasteiger partial charge in [-0.25, -0.2) is 0 Å². The van der Waals surface area contributed by atoms with Crippen molar-refractivity contribution in [1.29, 1.82) is 0 Å². The molecule has 0 atom stereocenters. The third-order valence-corrected chi connectivity index (χ3v) is 2.58. The van der Waals surface area contributed by atoms with Gasteiger partial charge in [0, 0.05) is 12.3 Å². The molecule has 2 nitrogen and oxygen atoms in total. The molecule has 0 N–H and O–H groups in total. The topological polar surface area (TPSA) is 17.8 Å².